The fraction of sp³-hybridized carbons (Fsp3) is 0.452. The van der Waals surface area contributed by atoms with E-state index >= 15 is 0 Å². The third-order valence-electron chi connectivity index (χ3n) is 8.87. The summed E-state index contributed by atoms with van der Waals surface area (Å²) in [6.07, 6.45) is 0.350. The molecule has 3 heterocycles. The summed E-state index contributed by atoms with van der Waals surface area (Å²) in [5.74, 6) is -0.582. The van der Waals surface area contributed by atoms with Crippen molar-refractivity contribution in [3.8, 4) is 0 Å². The van der Waals surface area contributed by atoms with E-state index < -0.39 is 23.2 Å². The van der Waals surface area contributed by atoms with Gasteiger partial charge in [0, 0.05) is 32.7 Å². The number of rotatable bonds is 6. The summed E-state index contributed by atoms with van der Waals surface area (Å²) in [5, 5.41) is 7.25. The van der Waals surface area contributed by atoms with Crippen LogP contribution in [-0.2, 0) is 16.5 Å². The lowest BCUT2D eigenvalue weighted by molar-refractivity contribution is -0.141. The van der Waals surface area contributed by atoms with Gasteiger partial charge in [0.15, 0.2) is 0 Å². The number of anilines is 1. The second kappa shape index (κ2) is 11.3. The quantitative estimate of drug-likeness (QED) is 0.344. The van der Waals surface area contributed by atoms with Crippen LogP contribution in [0.25, 0.3) is 0 Å². The van der Waals surface area contributed by atoms with Crippen LogP contribution in [0.3, 0.4) is 0 Å². The number of likely N-dealkylation sites (tertiary alicyclic amines) is 2. The molecule has 2 aliphatic heterocycles. The van der Waals surface area contributed by atoms with Crippen LogP contribution in [0, 0.1) is 5.82 Å². The van der Waals surface area contributed by atoms with Gasteiger partial charge in [-0.2, -0.15) is 18.3 Å². The van der Waals surface area contributed by atoms with Crippen molar-refractivity contribution in [3.63, 3.8) is 0 Å². The van der Waals surface area contributed by atoms with Gasteiger partial charge in [0.1, 0.15) is 11.4 Å². The highest BCUT2D eigenvalue weighted by Gasteiger charge is 2.48. The summed E-state index contributed by atoms with van der Waals surface area (Å²) in [4.78, 5) is 29.8. The Bertz CT molecular complexity index is 1510. The van der Waals surface area contributed by atoms with E-state index in [0.29, 0.717) is 31.5 Å². The van der Waals surface area contributed by atoms with E-state index in [0.717, 1.165) is 24.6 Å². The summed E-state index contributed by atoms with van der Waals surface area (Å²) in [6.45, 7) is 1.14. The Morgan fingerprint density at radius 1 is 0.977 bits per heavy atom. The first kappa shape index (κ1) is 29.2. The summed E-state index contributed by atoms with van der Waals surface area (Å²) in [5.41, 5.74) is -0.547. The number of carbonyl (C=O) groups is 2. The Labute approximate surface area is 246 Å². The molecule has 1 unspecified atom stereocenters. The molecule has 228 valence electrons. The van der Waals surface area contributed by atoms with Gasteiger partial charge in [-0.1, -0.05) is 30.3 Å². The van der Waals surface area contributed by atoms with Crippen LogP contribution < -0.4 is 5.32 Å². The Hall–Kier alpha value is -3.93. The van der Waals surface area contributed by atoms with Crippen molar-refractivity contribution in [2.45, 2.75) is 55.8 Å². The van der Waals surface area contributed by atoms with Crippen LogP contribution >= 0.6 is 0 Å². The molecule has 1 saturated carbocycles. The smallest absolute Gasteiger partial charge is 0.372 e. The Morgan fingerprint density at radius 3 is 2.35 bits per heavy atom. The lowest BCUT2D eigenvalue weighted by Gasteiger charge is -2.33. The summed E-state index contributed by atoms with van der Waals surface area (Å²) in [6, 6.07) is 11.0. The molecule has 8 nitrogen and oxygen atoms in total. The van der Waals surface area contributed by atoms with E-state index in [2.05, 4.69) is 10.4 Å². The van der Waals surface area contributed by atoms with Gasteiger partial charge in [0.2, 0.25) is 0 Å². The molecule has 2 aromatic carbocycles. The molecule has 0 spiro atoms. The van der Waals surface area contributed by atoms with Gasteiger partial charge in [-0.05, 0) is 55.9 Å². The second-order valence-electron chi connectivity index (χ2n) is 11.5. The first-order chi connectivity index (χ1) is 20.6. The number of hydrogen-bond donors (Lipinski definition) is 1. The minimum atomic E-state index is -4.55. The molecule has 6 rings (SSSR count). The largest absolute Gasteiger partial charge is 0.416 e. The minimum Gasteiger partial charge on any atom is -0.372 e. The van der Waals surface area contributed by atoms with E-state index in [4.69, 9.17) is 4.74 Å². The number of aromatic nitrogens is 2. The zero-order valence-electron chi connectivity index (χ0n) is 23.7. The molecule has 3 aliphatic rings. The fourth-order valence-electron chi connectivity index (χ4n) is 6.41. The normalized spacial score (nSPS) is 21.3. The molecule has 3 fully saturated rings. The van der Waals surface area contributed by atoms with Crippen LogP contribution in [-0.4, -0.2) is 64.8 Å². The maximum absolute atomic E-state index is 14.0. The highest BCUT2D eigenvalue weighted by molar-refractivity contribution is 5.96. The van der Waals surface area contributed by atoms with E-state index in [1.54, 1.807) is 34.2 Å². The fourth-order valence-corrected chi connectivity index (χ4v) is 6.41. The van der Waals surface area contributed by atoms with E-state index in [1.165, 1.54) is 31.4 Å². The van der Waals surface area contributed by atoms with Crippen LogP contribution in [0.2, 0.25) is 0 Å². The van der Waals surface area contributed by atoms with Crippen LogP contribution in [0.5, 0.6) is 0 Å². The van der Waals surface area contributed by atoms with Gasteiger partial charge in [0.25, 0.3) is 5.91 Å². The monoisotopic (exact) mass is 599 g/mol. The molecule has 1 atom stereocenters. The zero-order valence-corrected chi connectivity index (χ0v) is 23.7. The van der Waals surface area contributed by atoms with Crippen molar-refractivity contribution in [2.75, 3.05) is 38.6 Å². The molecule has 12 heteroatoms. The molecular formula is C31H33F4N5O3. The molecule has 0 radical (unpaired) electrons. The van der Waals surface area contributed by atoms with Crippen molar-refractivity contribution >= 4 is 17.6 Å². The molecule has 3 aromatic rings. The van der Waals surface area contributed by atoms with Crippen LogP contribution in [0.4, 0.5) is 28.0 Å². The van der Waals surface area contributed by atoms with Crippen molar-refractivity contribution in [3.05, 3.63) is 82.9 Å². The maximum atomic E-state index is 14.0. The van der Waals surface area contributed by atoms with Gasteiger partial charge >= 0.3 is 12.2 Å². The summed E-state index contributed by atoms with van der Waals surface area (Å²) >= 11 is 0. The second-order valence-corrected chi connectivity index (χ2v) is 11.5. The summed E-state index contributed by atoms with van der Waals surface area (Å²) in [7, 11) is 1.39. The number of hydrogen-bond acceptors (Lipinski definition) is 4. The third kappa shape index (κ3) is 5.60. The van der Waals surface area contributed by atoms with Crippen LogP contribution in [0.1, 0.15) is 71.2 Å². The number of benzene rings is 2. The van der Waals surface area contributed by atoms with Crippen LogP contribution in [0.15, 0.2) is 54.7 Å². The number of ether oxygens (including phenoxy) is 1. The molecule has 0 bridgehead atoms. The Kier molecular flexibility index (Phi) is 7.66. The maximum Gasteiger partial charge on any atom is 0.416 e. The number of urea groups is 1. The predicted molar refractivity (Wildman–Crippen MR) is 150 cm³/mol. The van der Waals surface area contributed by atoms with Crippen molar-refractivity contribution in [1.82, 2.24) is 19.6 Å². The van der Waals surface area contributed by atoms with E-state index in [1.807, 2.05) is 4.68 Å². The Balaban J connectivity index is 1.17. The SMILES string of the molecule is COC1(c2ccccc2C(F)(F)F)CCN(C(=O)c2cnn(C3CCN(C(=O)Nc4ccccc4F)CC3)c2C2CC2)C1. The molecule has 1 aromatic heterocycles. The van der Waals surface area contributed by atoms with Crippen molar-refractivity contribution in [2.24, 2.45) is 0 Å². The number of halogens is 4. The number of para-hydroxylation sites is 1. The van der Waals surface area contributed by atoms with Crippen molar-refractivity contribution < 1.29 is 31.9 Å². The van der Waals surface area contributed by atoms with Gasteiger partial charge < -0.3 is 19.9 Å². The lowest BCUT2D eigenvalue weighted by atomic mass is 9.88. The molecule has 1 N–H and O–H groups in total. The molecule has 43 heavy (non-hydrogen) atoms. The first-order valence-corrected chi connectivity index (χ1v) is 14.5. The predicted octanol–water partition coefficient (Wildman–Crippen LogP) is 6.18. The number of carbonyl (C=O) groups excluding carboxylic acids is 2. The topological polar surface area (TPSA) is 79.7 Å². The van der Waals surface area contributed by atoms with E-state index in [9.17, 15) is 27.2 Å². The molecule has 3 amide bonds. The average molecular weight is 600 g/mol. The van der Waals surface area contributed by atoms with Gasteiger partial charge in [-0.15, -0.1) is 0 Å². The third-order valence-corrected chi connectivity index (χ3v) is 8.87. The first-order valence-electron chi connectivity index (χ1n) is 14.5. The minimum absolute atomic E-state index is 0.000220. The number of methoxy groups -OCH3 is 1. The number of alkyl halides is 3. The van der Waals surface area contributed by atoms with Crippen molar-refractivity contribution in [1.29, 1.82) is 0 Å². The number of nitrogens with one attached hydrogen (secondary N) is 1. The van der Waals surface area contributed by atoms with E-state index in [-0.39, 0.29) is 54.7 Å². The number of nitrogens with zero attached hydrogens (tertiary/aromatic N) is 4. The van der Waals surface area contributed by atoms with Gasteiger partial charge in [0.05, 0.1) is 41.3 Å². The van der Waals surface area contributed by atoms with Gasteiger partial charge in [-0.25, -0.2) is 9.18 Å². The van der Waals surface area contributed by atoms with Gasteiger partial charge in [-0.3, -0.25) is 9.48 Å². The molecular weight excluding hydrogens is 566 g/mol. The highest BCUT2D eigenvalue weighted by atomic mass is 19.4. The highest BCUT2D eigenvalue weighted by Crippen LogP contribution is 2.46. The Morgan fingerprint density at radius 2 is 1.67 bits per heavy atom. The number of amides is 3. The zero-order chi connectivity index (χ0) is 30.4. The number of piperidine rings is 1. The molecule has 2 saturated heterocycles. The lowest BCUT2D eigenvalue weighted by Crippen LogP contribution is -2.42. The summed E-state index contributed by atoms with van der Waals surface area (Å²) < 4.78 is 63.2. The molecule has 1 aliphatic carbocycles. The standard InChI is InChI=1S/C31H33F4N5O3/c1-43-30(23-6-2-3-7-24(23)31(33,34)35)14-17-39(19-30)28(41)22-18-36-40(27(22)20-10-11-20)21-12-15-38(16-13-21)29(42)37-26-9-5-4-8-25(26)32/h2-9,18,20-21H,10-17,19H2,1H3,(H,37,42). The average Bonchev–Trinajstić information content (AvgIpc) is 3.59.